The highest BCUT2D eigenvalue weighted by Crippen LogP contribution is 2.35. The van der Waals surface area contributed by atoms with Gasteiger partial charge in [0.1, 0.15) is 5.75 Å². The molecule has 0 spiro atoms. The summed E-state index contributed by atoms with van der Waals surface area (Å²) >= 11 is 0. The van der Waals surface area contributed by atoms with Gasteiger partial charge in [-0.1, -0.05) is 0 Å². The predicted octanol–water partition coefficient (Wildman–Crippen LogP) is 3.40. The molecule has 156 valence electrons. The van der Waals surface area contributed by atoms with Crippen LogP contribution in [0, 0.1) is 0 Å². The van der Waals surface area contributed by atoms with E-state index in [-0.39, 0.29) is 17.0 Å². The lowest BCUT2D eigenvalue weighted by molar-refractivity contribution is -0.0436. The average Bonchev–Trinajstić information content (AvgIpc) is 2.91. The van der Waals surface area contributed by atoms with Crippen LogP contribution < -0.4 is 19.5 Å². The quantitative estimate of drug-likeness (QED) is 0.798. The Morgan fingerprint density at radius 2 is 1.76 bits per heavy atom. The van der Waals surface area contributed by atoms with Crippen molar-refractivity contribution in [3.05, 3.63) is 42.0 Å². The minimum atomic E-state index is -5.58. The molecule has 3 rings (SSSR count). The first-order valence-electron chi connectivity index (χ1n) is 8.34. The first-order chi connectivity index (χ1) is 13.6. The maximum atomic E-state index is 12.8. The molecule has 0 atom stereocenters. The number of carbonyl (C=O) groups excluding carboxylic acids is 1. The van der Waals surface area contributed by atoms with E-state index in [9.17, 15) is 26.4 Å². The van der Waals surface area contributed by atoms with Gasteiger partial charge in [0.05, 0.1) is 30.9 Å². The van der Waals surface area contributed by atoms with E-state index >= 15 is 0 Å². The molecule has 1 heterocycles. The Morgan fingerprint density at radius 1 is 1.07 bits per heavy atom. The minimum Gasteiger partial charge on any atom is -0.495 e. The molecule has 0 unspecified atom stereocenters. The van der Waals surface area contributed by atoms with Crippen molar-refractivity contribution in [1.29, 1.82) is 0 Å². The van der Waals surface area contributed by atoms with E-state index in [0.29, 0.717) is 37.2 Å². The maximum absolute atomic E-state index is 12.8. The Labute approximate surface area is 164 Å². The molecule has 2 aromatic carbocycles. The number of ether oxygens (including phenoxy) is 3. The van der Waals surface area contributed by atoms with Crippen molar-refractivity contribution >= 4 is 21.4 Å². The molecule has 1 aliphatic heterocycles. The van der Waals surface area contributed by atoms with E-state index in [4.69, 9.17) is 14.2 Å². The number of methoxy groups -OCH3 is 1. The molecule has 0 fully saturated rings. The standard InChI is InChI=1S/C18H16F3NO6S/c1-26-14-6-4-12(29(24,25)18(19,20)21)10-13(14)22-17(23)11-3-5-15-16(9-11)28-8-2-7-27-15/h3-6,9-10H,2,7-8H2,1H3,(H,22,23). The fourth-order valence-electron chi connectivity index (χ4n) is 2.58. The van der Waals surface area contributed by atoms with Gasteiger partial charge >= 0.3 is 5.51 Å². The second-order valence-corrected chi connectivity index (χ2v) is 7.92. The summed E-state index contributed by atoms with van der Waals surface area (Å²) in [6.07, 6.45) is 0.674. The molecule has 1 amide bonds. The number of fused-ring (bicyclic) bond motifs is 1. The van der Waals surface area contributed by atoms with Gasteiger partial charge in [0.2, 0.25) is 0 Å². The second kappa shape index (κ2) is 7.82. The number of halogens is 3. The van der Waals surface area contributed by atoms with Crippen molar-refractivity contribution < 1.29 is 40.6 Å². The van der Waals surface area contributed by atoms with Crippen LogP contribution >= 0.6 is 0 Å². The van der Waals surface area contributed by atoms with Crippen LogP contribution in [0.1, 0.15) is 16.8 Å². The van der Waals surface area contributed by atoms with Crippen molar-refractivity contribution in [2.45, 2.75) is 16.8 Å². The molecular formula is C18H16F3NO6S. The number of hydrogen-bond donors (Lipinski definition) is 1. The zero-order valence-electron chi connectivity index (χ0n) is 15.1. The third-order valence-electron chi connectivity index (χ3n) is 4.04. The van der Waals surface area contributed by atoms with Crippen molar-refractivity contribution in [2.75, 3.05) is 25.6 Å². The van der Waals surface area contributed by atoms with Crippen LogP contribution in [0.2, 0.25) is 0 Å². The smallest absolute Gasteiger partial charge is 0.495 e. The lowest BCUT2D eigenvalue weighted by atomic mass is 10.1. The predicted molar refractivity (Wildman–Crippen MR) is 96.2 cm³/mol. The fourth-order valence-corrected chi connectivity index (χ4v) is 3.37. The number of alkyl halides is 3. The van der Waals surface area contributed by atoms with Crippen LogP contribution in [-0.2, 0) is 9.84 Å². The van der Waals surface area contributed by atoms with Gasteiger partial charge in [0.15, 0.2) is 11.5 Å². The van der Waals surface area contributed by atoms with Crippen LogP contribution in [0.4, 0.5) is 18.9 Å². The molecule has 7 nitrogen and oxygen atoms in total. The van der Waals surface area contributed by atoms with Crippen molar-refractivity contribution in [2.24, 2.45) is 0 Å². The topological polar surface area (TPSA) is 90.9 Å². The summed E-state index contributed by atoms with van der Waals surface area (Å²) in [4.78, 5) is 11.6. The number of sulfone groups is 1. The first kappa shape index (κ1) is 20.8. The zero-order chi connectivity index (χ0) is 21.2. The monoisotopic (exact) mass is 431 g/mol. The maximum Gasteiger partial charge on any atom is 0.501 e. The van der Waals surface area contributed by atoms with Gasteiger partial charge in [-0.3, -0.25) is 4.79 Å². The molecule has 0 aromatic heterocycles. The third kappa shape index (κ3) is 4.24. The molecule has 11 heteroatoms. The Bertz CT molecular complexity index is 1040. The van der Waals surface area contributed by atoms with Crippen LogP contribution in [0.15, 0.2) is 41.3 Å². The molecule has 0 radical (unpaired) electrons. The number of carbonyl (C=O) groups is 1. The number of anilines is 1. The summed E-state index contributed by atoms with van der Waals surface area (Å²) in [5, 5.41) is 2.37. The van der Waals surface area contributed by atoms with Crippen molar-refractivity contribution in [3.8, 4) is 17.2 Å². The summed E-state index contributed by atoms with van der Waals surface area (Å²) < 4.78 is 77.7. The summed E-state index contributed by atoms with van der Waals surface area (Å²) in [5.74, 6) is 0.125. The van der Waals surface area contributed by atoms with E-state index in [0.717, 1.165) is 12.1 Å². The fraction of sp³-hybridized carbons (Fsp3) is 0.278. The molecule has 29 heavy (non-hydrogen) atoms. The molecule has 0 saturated heterocycles. The van der Waals surface area contributed by atoms with Crippen LogP contribution in [-0.4, -0.2) is 40.2 Å². The number of amides is 1. The number of nitrogens with one attached hydrogen (secondary N) is 1. The molecular weight excluding hydrogens is 415 g/mol. The second-order valence-electron chi connectivity index (χ2n) is 5.98. The van der Waals surface area contributed by atoms with E-state index in [1.54, 1.807) is 0 Å². The van der Waals surface area contributed by atoms with Crippen LogP contribution in [0.25, 0.3) is 0 Å². The molecule has 0 saturated carbocycles. The first-order valence-corrected chi connectivity index (χ1v) is 9.82. The van der Waals surface area contributed by atoms with Crippen LogP contribution in [0.5, 0.6) is 17.2 Å². The van der Waals surface area contributed by atoms with Gasteiger partial charge < -0.3 is 19.5 Å². The summed E-state index contributed by atoms with van der Waals surface area (Å²) in [6, 6.07) is 6.90. The largest absolute Gasteiger partial charge is 0.501 e. The molecule has 0 aliphatic carbocycles. The lowest BCUT2D eigenvalue weighted by Gasteiger charge is -2.14. The molecule has 0 bridgehead atoms. The van der Waals surface area contributed by atoms with E-state index < -0.39 is 26.1 Å². The van der Waals surface area contributed by atoms with Gasteiger partial charge in [-0.05, 0) is 36.4 Å². The van der Waals surface area contributed by atoms with E-state index in [1.165, 1.54) is 25.3 Å². The highest BCUT2D eigenvalue weighted by Gasteiger charge is 2.47. The summed E-state index contributed by atoms with van der Waals surface area (Å²) in [6.45, 7) is 0.874. The summed E-state index contributed by atoms with van der Waals surface area (Å²) in [7, 11) is -4.35. The number of benzene rings is 2. The van der Waals surface area contributed by atoms with Gasteiger partial charge in [-0.2, -0.15) is 13.2 Å². The minimum absolute atomic E-state index is 0.00572. The molecule has 1 N–H and O–H groups in total. The SMILES string of the molecule is COc1ccc(S(=O)(=O)C(F)(F)F)cc1NC(=O)c1ccc2c(c1)OCCCO2. The zero-order valence-corrected chi connectivity index (χ0v) is 15.9. The molecule has 2 aromatic rings. The normalized spacial score (nSPS) is 14.1. The highest BCUT2D eigenvalue weighted by atomic mass is 32.2. The van der Waals surface area contributed by atoms with Gasteiger partial charge in [0.25, 0.3) is 15.7 Å². The number of rotatable bonds is 4. The Balaban J connectivity index is 1.92. The average molecular weight is 431 g/mol. The lowest BCUT2D eigenvalue weighted by Crippen LogP contribution is -2.23. The Kier molecular flexibility index (Phi) is 5.60. The summed E-state index contributed by atoms with van der Waals surface area (Å²) in [5.41, 5.74) is -5.56. The third-order valence-corrected chi connectivity index (χ3v) is 5.53. The Morgan fingerprint density at radius 3 is 2.41 bits per heavy atom. The van der Waals surface area contributed by atoms with Gasteiger partial charge in [0, 0.05) is 12.0 Å². The molecule has 1 aliphatic rings. The van der Waals surface area contributed by atoms with E-state index in [1.807, 2.05) is 0 Å². The van der Waals surface area contributed by atoms with Gasteiger partial charge in [-0.15, -0.1) is 0 Å². The number of hydrogen-bond acceptors (Lipinski definition) is 6. The van der Waals surface area contributed by atoms with Crippen molar-refractivity contribution in [1.82, 2.24) is 0 Å². The van der Waals surface area contributed by atoms with Crippen molar-refractivity contribution in [3.63, 3.8) is 0 Å². The highest BCUT2D eigenvalue weighted by molar-refractivity contribution is 7.92. The van der Waals surface area contributed by atoms with E-state index in [2.05, 4.69) is 5.32 Å². The van der Waals surface area contributed by atoms with Gasteiger partial charge in [-0.25, -0.2) is 8.42 Å². The van der Waals surface area contributed by atoms with Crippen LogP contribution in [0.3, 0.4) is 0 Å². The Hall–Kier alpha value is -2.95.